The Bertz CT molecular complexity index is 384. The minimum absolute atomic E-state index is 0.290. The highest BCUT2D eigenvalue weighted by Gasteiger charge is 2.24. The Morgan fingerprint density at radius 2 is 2.24 bits per heavy atom. The van der Waals surface area contributed by atoms with Gasteiger partial charge in [0.15, 0.2) is 0 Å². The fraction of sp³-hybridized carbons (Fsp3) is 0.417. The maximum Gasteiger partial charge on any atom is 0.404 e. The van der Waals surface area contributed by atoms with Gasteiger partial charge in [-0.15, -0.1) is 0 Å². The summed E-state index contributed by atoms with van der Waals surface area (Å²) in [5.74, 6) is 0. The molecule has 0 bridgehead atoms. The van der Waals surface area contributed by atoms with Crippen molar-refractivity contribution in [1.82, 2.24) is 0 Å². The van der Waals surface area contributed by atoms with E-state index in [0.29, 0.717) is 6.42 Å². The third kappa shape index (κ3) is 4.16. The van der Waals surface area contributed by atoms with Crippen LogP contribution in [0.3, 0.4) is 0 Å². The monoisotopic (exact) mass is 349 g/mol. The molecule has 0 aliphatic carbocycles. The number of hydrogen-bond donors (Lipinski definition) is 1. The summed E-state index contributed by atoms with van der Waals surface area (Å²) in [6.07, 6.45) is -0.783. The number of hydrogen-bond acceptors (Lipinski definition) is 3. The summed E-state index contributed by atoms with van der Waals surface area (Å²) in [6.45, 7) is 1.92. The fourth-order valence-corrected chi connectivity index (χ4v) is 2.26. The quantitative estimate of drug-likeness (QED) is 0.832. The number of carbonyl (C=O) groups excluding carboxylic acids is 1. The molecule has 0 saturated heterocycles. The van der Waals surface area contributed by atoms with E-state index in [9.17, 15) is 4.79 Å². The highest BCUT2D eigenvalue weighted by Crippen LogP contribution is 2.26. The van der Waals surface area contributed by atoms with E-state index < -0.39 is 6.09 Å². The second kappa shape index (κ2) is 6.80. The van der Waals surface area contributed by atoms with Gasteiger partial charge in [0.05, 0.1) is 0 Å². The van der Waals surface area contributed by atoms with Gasteiger partial charge < -0.3 is 15.2 Å². The third-order valence-electron chi connectivity index (χ3n) is 2.44. The topological polar surface area (TPSA) is 61.5 Å². The summed E-state index contributed by atoms with van der Waals surface area (Å²) >= 11 is 2.23. The van der Waals surface area contributed by atoms with Crippen LogP contribution in [0, 0.1) is 3.57 Å². The molecular weight excluding hydrogens is 333 g/mol. The molecule has 94 valence electrons. The number of carbonyl (C=O) groups is 1. The van der Waals surface area contributed by atoms with Crippen molar-refractivity contribution in [2.45, 2.75) is 25.6 Å². The van der Waals surface area contributed by atoms with Crippen molar-refractivity contribution in [3.8, 4) is 0 Å². The van der Waals surface area contributed by atoms with Crippen LogP contribution >= 0.6 is 22.6 Å². The van der Waals surface area contributed by atoms with Gasteiger partial charge in [-0.2, -0.15) is 0 Å². The summed E-state index contributed by atoms with van der Waals surface area (Å²) in [5.41, 5.74) is 6.03. The Kier molecular flexibility index (Phi) is 5.70. The summed E-state index contributed by atoms with van der Waals surface area (Å²) in [4.78, 5) is 10.8. The zero-order valence-corrected chi connectivity index (χ0v) is 12.0. The molecule has 5 heteroatoms. The van der Waals surface area contributed by atoms with Gasteiger partial charge in [-0.05, 0) is 46.7 Å². The van der Waals surface area contributed by atoms with Gasteiger partial charge in [0.1, 0.15) is 12.2 Å². The Labute approximate surface area is 115 Å². The molecule has 4 nitrogen and oxygen atoms in total. The van der Waals surface area contributed by atoms with E-state index >= 15 is 0 Å². The van der Waals surface area contributed by atoms with Crippen molar-refractivity contribution in [2.75, 3.05) is 7.11 Å². The van der Waals surface area contributed by atoms with Crippen LogP contribution < -0.4 is 5.73 Å². The van der Waals surface area contributed by atoms with Crippen molar-refractivity contribution in [3.05, 3.63) is 33.4 Å². The largest absolute Gasteiger partial charge is 0.443 e. The van der Waals surface area contributed by atoms with E-state index in [1.165, 1.54) is 0 Å². The normalized spacial score (nSPS) is 14.1. The van der Waals surface area contributed by atoms with Crippen LogP contribution in [0.5, 0.6) is 0 Å². The van der Waals surface area contributed by atoms with E-state index in [4.69, 9.17) is 15.2 Å². The van der Waals surface area contributed by atoms with Gasteiger partial charge in [-0.1, -0.05) is 19.1 Å². The fourth-order valence-electron chi connectivity index (χ4n) is 1.69. The standard InChI is InChI=1S/C12H16INO3/c1-3-10(17-12(14)15)11(16-2)8-5-4-6-9(13)7-8/h4-7,10-11H,3H2,1-2H3,(H2,14,15)/t10-,11-/m1/s1. The molecule has 2 atom stereocenters. The lowest BCUT2D eigenvalue weighted by atomic mass is 10.0. The van der Waals surface area contributed by atoms with Gasteiger partial charge >= 0.3 is 6.09 Å². The Morgan fingerprint density at radius 1 is 1.53 bits per heavy atom. The average Bonchev–Trinajstić information content (AvgIpc) is 2.28. The zero-order valence-electron chi connectivity index (χ0n) is 9.85. The lowest BCUT2D eigenvalue weighted by Crippen LogP contribution is -2.29. The van der Waals surface area contributed by atoms with E-state index in [2.05, 4.69) is 22.6 Å². The molecule has 1 amide bonds. The Hall–Kier alpha value is -0.820. The predicted octanol–water partition coefficient (Wildman–Crippen LogP) is 2.85. The molecule has 0 aromatic heterocycles. The van der Waals surface area contributed by atoms with Gasteiger partial charge in [0, 0.05) is 10.7 Å². The summed E-state index contributed by atoms with van der Waals surface area (Å²) in [5, 5.41) is 0. The molecule has 2 N–H and O–H groups in total. The first-order valence-electron chi connectivity index (χ1n) is 5.32. The van der Waals surface area contributed by atoms with Crippen molar-refractivity contribution >= 4 is 28.7 Å². The van der Waals surface area contributed by atoms with Crippen LogP contribution in [0.15, 0.2) is 24.3 Å². The smallest absolute Gasteiger partial charge is 0.404 e. The van der Waals surface area contributed by atoms with Crippen LogP contribution in [0.2, 0.25) is 0 Å². The van der Waals surface area contributed by atoms with Crippen LogP contribution in [-0.4, -0.2) is 19.3 Å². The molecule has 1 aromatic rings. The Morgan fingerprint density at radius 3 is 2.71 bits per heavy atom. The molecule has 1 rings (SSSR count). The first-order chi connectivity index (χ1) is 8.08. The molecular formula is C12H16INO3. The van der Waals surface area contributed by atoms with Crippen molar-refractivity contribution in [2.24, 2.45) is 5.73 Å². The first-order valence-corrected chi connectivity index (χ1v) is 6.40. The number of benzene rings is 1. The number of methoxy groups -OCH3 is 1. The number of amides is 1. The minimum atomic E-state index is -0.774. The molecule has 0 spiro atoms. The predicted molar refractivity (Wildman–Crippen MR) is 73.7 cm³/mol. The number of rotatable bonds is 5. The highest BCUT2D eigenvalue weighted by molar-refractivity contribution is 14.1. The van der Waals surface area contributed by atoms with Crippen molar-refractivity contribution in [3.63, 3.8) is 0 Å². The molecule has 17 heavy (non-hydrogen) atoms. The van der Waals surface area contributed by atoms with Gasteiger partial charge in [-0.3, -0.25) is 0 Å². The maximum atomic E-state index is 10.8. The second-order valence-corrected chi connectivity index (χ2v) is 4.84. The van der Waals surface area contributed by atoms with Crippen LogP contribution in [-0.2, 0) is 9.47 Å². The van der Waals surface area contributed by atoms with Crippen molar-refractivity contribution in [1.29, 1.82) is 0 Å². The van der Waals surface area contributed by atoms with Crippen LogP contribution in [0.4, 0.5) is 4.79 Å². The number of halogens is 1. The molecule has 0 aliphatic rings. The van der Waals surface area contributed by atoms with Crippen molar-refractivity contribution < 1.29 is 14.3 Å². The van der Waals surface area contributed by atoms with E-state index in [1.807, 2.05) is 31.2 Å². The number of primary amides is 1. The van der Waals surface area contributed by atoms with Crippen LogP contribution in [0.1, 0.15) is 25.0 Å². The number of nitrogens with two attached hydrogens (primary N) is 1. The van der Waals surface area contributed by atoms with E-state index in [-0.39, 0.29) is 12.2 Å². The summed E-state index contributed by atoms with van der Waals surface area (Å²) < 4.78 is 11.6. The third-order valence-corrected chi connectivity index (χ3v) is 3.11. The molecule has 0 radical (unpaired) electrons. The summed E-state index contributed by atoms with van der Waals surface area (Å²) in [6, 6.07) is 7.89. The van der Waals surface area contributed by atoms with E-state index in [0.717, 1.165) is 9.13 Å². The molecule has 0 heterocycles. The lowest BCUT2D eigenvalue weighted by Gasteiger charge is -2.24. The van der Waals surface area contributed by atoms with Gasteiger partial charge in [-0.25, -0.2) is 4.79 Å². The van der Waals surface area contributed by atoms with Gasteiger partial charge in [0.2, 0.25) is 0 Å². The van der Waals surface area contributed by atoms with E-state index in [1.54, 1.807) is 7.11 Å². The molecule has 0 saturated carbocycles. The van der Waals surface area contributed by atoms with Gasteiger partial charge in [0.25, 0.3) is 0 Å². The van der Waals surface area contributed by atoms with Crippen LogP contribution in [0.25, 0.3) is 0 Å². The molecule has 0 aliphatic heterocycles. The lowest BCUT2D eigenvalue weighted by molar-refractivity contribution is -0.0227. The molecule has 0 fully saturated rings. The second-order valence-electron chi connectivity index (χ2n) is 3.59. The minimum Gasteiger partial charge on any atom is -0.443 e. The average molecular weight is 349 g/mol. The summed E-state index contributed by atoms with van der Waals surface area (Å²) in [7, 11) is 1.59. The zero-order chi connectivity index (χ0) is 12.8. The molecule has 0 unspecified atom stereocenters. The maximum absolute atomic E-state index is 10.8. The molecule has 1 aromatic carbocycles. The SMILES string of the molecule is CC[C@@H](OC(N)=O)[C@H](OC)c1cccc(I)c1. The number of ether oxygens (including phenoxy) is 2. The highest BCUT2D eigenvalue weighted by atomic mass is 127. The Balaban J connectivity index is 2.92. The first kappa shape index (κ1) is 14.2.